The van der Waals surface area contributed by atoms with Crippen molar-refractivity contribution >= 4 is 23.5 Å². The zero-order chi connectivity index (χ0) is 18.4. The number of hydrogen-bond acceptors (Lipinski definition) is 7. The van der Waals surface area contributed by atoms with Crippen LogP contribution in [0.3, 0.4) is 0 Å². The second kappa shape index (κ2) is 7.50. The molecule has 0 aliphatic rings. The highest BCUT2D eigenvalue weighted by Crippen LogP contribution is 2.35. The molecule has 0 aromatic heterocycles. The monoisotopic (exact) mass is 344 g/mol. The second-order valence-corrected chi connectivity index (χ2v) is 4.58. The third-order valence-corrected chi connectivity index (χ3v) is 2.86. The molecule has 0 heterocycles. The van der Waals surface area contributed by atoms with Crippen molar-refractivity contribution in [3.63, 3.8) is 0 Å². The summed E-state index contributed by atoms with van der Waals surface area (Å²) < 4.78 is 5.53. The van der Waals surface area contributed by atoms with Gasteiger partial charge in [-0.3, -0.25) is 20.2 Å². The summed E-state index contributed by atoms with van der Waals surface area (Å²) in [6.45, 7) is 0. The minimum Gasteiger partial charge on any atom is -0.449 e. The summed E-state index contributed by atoms with van der Waals surface area (Å²) in [5, 5.41) is 29.0. The molecule has 2 aromatic rings. The first-order valence-electron chi connectivity index (χ1n) is 6.70. The molecular weight excluding hydrogens is 332 g/mol. The highest BCUT2D eigenvalue weighted by Gasteiger charge is 2.21. The van der Waals surface area contributed by atoms with Crippen LogP contribution in [0.15, 0.2) is 52.7 Å². The lowest BCUT2D eigenvalue weighted by atomic mass is 10.2. The van der Waals surface area contributed by atoms with Gasteiger partial charge in [0.05, 0.1) is 22.1 Å². The van der Waals surface area contributed by atoms with Crippen molar-refractivity contribution < 1.29 is 14.6 Å². The van der Waals surface area contributed by atoms with Gasteiger partial charge in [0, 0.05) is 11.6 Å². The molecule has 2 rings (SSSR count). The van der Waals surface area contributed by atoms with Crippen LogP contribution in [0.4, 0.5) is 11.4 Å². The Bertz CT molecular complexity index is 876. The molecule has 4 N–H and O–H groups in total. The van der Waals surface area contributed by atoms with E-state index in [1.807, 2.05) is 0 Å². The standard InChI is InChI=1S/C14H12N6O5/c15-14(16)18-17-8-9-3-1-2-4-12(9)25-13-6-5-10(19(21)22)7-11(13)20(23)24/h1-8H,(H4,15,16,18). The zero-order valence-corrected chi connectivity index (χ0v) is 12.6. The first kappa shape index (κ1) is 17.3. The van der Waals surface area contributed by atoms with E-state index >= 15 is 0 Å². The number of nitro groups is 2. The van der Waals surface area contributed by atoms with E-state index < -0.39 is 21.2 Å². The summed E-state index contributed by atoms with van der Waals surface area (Å²) in [6, 6.07) is 9.59. The van der Waals surface area contributed by atoms with Gasteiger partial charge in [0.15, 0.2) is 0 Å². The van der Waals surface area contributed by atoms with Gasteiger partial charge in [-0.15, -0.1) is 5.10 Å². The maximum absolute atomic E-state index is 11.1. The molecule has 0 aliphatic heterocycles. The highest BCUT2D eigenvalue weighted by atomic mass is 16.6. The Morgan fingerprint density at radius 1 is 1.04 bits per heavy atom. The molecule has 0 spiro atoms. The Hall–Kier alpha value is -4.02. The fraction of sp³-hybridized carbons (Fsp3) is 0. The summed E-state index contributed by atoms with van der Waals surface area (Å²) in [4.78, 5) is 20.4. The van der Waals surface area contributed by atoms with Gasteiger partial charge in [0.1, 0.15) is 5.75 Å². The molecule has 0 fully saturated rings. The number of ether oxygens (including phenoxy) is 1. The molecule has 11 nitrogen and oxygen atoms in total. The second-order valence-electron chi connectivity index (χ2n) is 4.58. The van der Waals surface area contributed by atoms with Crippen molar-refractivity contribution in [1.29, 1.82) is 0 Å². The predicted molar refractivity (Wildman–Crippen MR) is 89.7 cm³/mol. The van der Waals surface area contributed by atoms with E-state index in [-0.39, 0.29) is 17.5 Å². The minimum absolute atomic E-state index is 0.154. The fourth-order valence-electron chi connectivity index (χ4n) is 1.80. The van der Waals surface area contributed by atoms with E-state index in [0.717, 1.165) is 18.2 Å². The molecule has 0 amide bonds. The van der Waals surface area contributed by atoms with Crippen LogP contribution in [0.2, 0.25) is 0 Å². The lowest BCUT2D eigenvalue weighted by Crippen LogP contribution is -2.21. The maximum Gasteiger partial charge on any atom is 0.318 e. The van der Waals surface area contributed by atoms with Crippen molar-refractivity contribution in [2.45, 2.75) is 0 Å². The Balaban J connectivity index is 2.40. The number of rotatable bonds is 6. The van der Waals surface area contributed by atoms with Gasteiger partial charge in [-0.2, -0.15) is 5.10 Å². The Morgan fingerprint density at radius 3 is 2.40 bits per heavy atom. The van der Waals surface area contributed by atoms with Gasteiger partial charge in [-0.1, -0.05) is 12.1 Å². The molecule has 0 saturated carbocycles. The molecule has 128 valence electrons. The van der Waals surface area contributed by atoms with Gasteiger partial charge < -0.3 is 16.2 Å². The van der Waals surface area contributed by atoms with Crippen LogP contribution in [0.25, 0.3) is 0 Å². The molecule has 11 heteroatoms. The number of benzene rings is 2. The first-order valence-corrected chi connectivity index (χ1v) is 6.70. The van der Waals surface area contributed by atoms with Gasteiger partial charge >= 0.3 is 5.69 Å². The summed E-state index contributed by atoms with van der Waals surface area (Å²) in [5.41, 5.74) is 9.82. The molecule has 0 aliphatic carbocycles. The number of hydrogen-bond donors (Lipinski definition) is 2. The van der Waals surface area contributed by atoms with Gasteiger partial charge in [-0.05, 0) is 18.2 Å². The van der Waals surface area contributed by atoms with E-state index in [0.29, 0.717) is 5.56 Å². The summed E-state index contributed by atoms with van der Waals surface area (Å²) in [5.74, 6) is -0.159. The Labute approximate surface area is 140 Å². The average molecular weight is 344 g/mol. The number of guanidine groups is 1. The van der Waals surface area contributed by atoms with Gasteiger partial charge in [-0.25, -0.2) is 0 Å². The van der Waals surface area contributed by atoms with Gasteiger partial charge in [0.2, 0.25) is 11.7 Å². The maximum atomic E-state index is 11.1. The minimum atomic E-state index is -0.765. The van der Waals surface area contributed by atoms with Crippen LogP contribution in [0.1, 0.15) is 5.56 Å². The van der Waals surface area contributed by atoms with E-state index in [2.05, 4.69) is 10.2 Å². The first-order chi connectivity index (χ1) is 11.9. The van der Waals surface area contributed by atoms with Crippen LogP contribution in [-0.2, 0) is 0 Å². The number of nitrogens with zero attached hydrogens (tertiary/aromatic N) is 4. The van der Waals surface area contributed by atoms with Crippen molar-refractivity contribution in [3.05, 3.63) is 68.3 Å². The number of nitro benzene ring substituents is 2. The molecule has 0 bridgehead atoms. The average Bonchev–Trinajstić information content (AvgIpc) is 2.56. The number of para-hydroxylation sites is 1. The van der Waals surface area contributed by atoms with Crippen LogP contribution < -0.4 is 16.2 Å². The fourth-order valence-corrected chi connectivity index (χ4v) is 1.80. The smallest absolute Gasteiger partial charge is 0.318 e. The molecule has 0 atom stereocenters. The lowest BCUT2D eigenvalue weighted by Gasteiger charge is -2.08. The molecule has 25 heavy (non-hydrogen) atoms. The zero-order valence-electron chi connectivity index (χ0n) is 12.6. The molecule has 0 unspecified atom stereocenters. The van der Waals surface area contributed by atoms with Crippen LogP contribution in [0.5, 0.6) is 11.5 Å². The number of nitrogens with two attached hydrogens (primary N) is 2. The third kappa shape index (κ3) is 4.48. The topological polar surface area (TPSA) is 172 Å². The Kier molecular flexibility index (Phi) is 5.20. The summed E-state index contributed by atoms with van der Waals surface area (Å²) in [6.07, 6.45) is 1.30. The van der Waals surface area contributed by atoms with E-state index in [1.165, 1.54) is 6.21 Å². The van der Waals surface area contributed by atoms with Gasteiger partial charge in [0.25, 0.3) is 5.69 Å². The highest BCUT2D eigenvalue weighted by molar-refractivity contribution is 5.84. The van der Waals surface area contributed by atoms with Crippen molar-refractivity contribution in [3.8, 4) is 11.5 Å². The van der Waals surface area contributed by atoms with E-state index in [9.17, 15) is 20.2 Å². The normalized spacial score (nSPS) is 10.4. The van der Waals surface area contributed by atoms with E-state index in [1.54, 1.807) is 24.3 Å². The third-order valence-electron chi connectivity index (χ3n) is 2.86. The SMILES string of the molecule is NC(N)=NN=Cc1ccccc1Oc1ccc([N+](=O)[O-])cc1[N+](=O)[O-]. The van der Waals surface area contributed by atoms with Crippen molar-refractivity contribution in [2.75, 3.05) is 0 Å². The predicted octanol–water partition coefficient (Wildman–Crippen LogP) is 1.90. The molecule has 0 saturated heterocycles. The van der Waals surface area contributed by atoms with Crippen molar-refractivity contribution in [2.24, 2.45) is 21.7 Å². The van der Waals surface area contributed by atoms with E-state index in [4.69, 9.17) is 16.2 Å². The molecule has 0 radical (unpaired) electrons. The lowest BCUT2D eigenvalue weighted by molar-refractivity contribution is -0.394. The van der Waals surface area contributed by atoms with Crippen LogP contribution >= 0.6 is 0 Å². The largest absolute Gasteiger partial charge is 0.449 e. The molecular formula is C14H12N6O5. The van der Waals surface area contributed by atoms with Crippen LogP contribution in [-0.4, -0.2) is 22.0 Å². The summed E-state index contributed by atoms with van der Waals surface area (Å²) in [7, 11) is 0. The number of non-ortho nitro benzene ring substituents is 1. The quantitative estimate of drug-likeness (QED) is 0.348. The van der Waals surface area contributed by atoms with Crippen molar-refractivity contribution in [1.82, 2.24) is 0 Å². The van der Waals surface area contributed by atoms with Crippen LogP contribution in [0, 0.1) is 20.2 Å². The molecule has 2 aromatic carbocycles. The Morgan fingerprint density at radius 2 is 1.76 bits per heavy atom. The summed E-state index contributed by atoms with van der Waals surface area (Å²) >= 11 is 0.